The number of aromatic nitrogens is 1. The van der Waals surface area contributed by atoms with Crippen molar-refractivity contribution in [2.24, 2.45) is 5.92 Å². The molecule has 0 fully saturated rings. The molecule has 4 nitrogen and oxygen atoms in total. The Hall–Kier alpha value is -2.14. The molecular formula is C18H23N3OS. The maximum atomic E-state index is 5.35. The van der Waals surface area contributed by atoms with Crippen LogP contribution in [0.4, 0.5) is 5.69 Å². The molecule has 0 aliphatic rings. The van der Waals surface area contributed by atoms with Crippen molar-refractivity contribution < 1.29 is 4.74 Å². The first kappa shape index (κ1) is 17.2. The van der Waals surface area contributed by atoms with Crippen LogP contribution in [-0.2, 0) is 6.42 Å². The molecule has 1 aromatic heterocycles. The van der Waals surface area contributed by atoms with Gasteiger partial charge in [0.15, 0.2) is 5.11 Å². The van der Waals surface area contributed by atoms with Crippen molar-refractivity contribution >= 4 is 23.0 Å². The first-order chi connectivity index (χ1) is 11.2. The van der Waals surface area contributed by atoms with Gasteiger partial charge in [0.1, 0.15) is 0 Å². The second-order valence-electron chi connectivity index (χ2n) is 5.39. The first-order valence-electron chi connectivity index (χ1n) is 7.80. The van der Waals surface area contributed by atoms with Crippen LogP contribution in [0.5, 0.6) is 5.88 Å². The molecule has 2 N–H and O–H groups in total. The topological polar surface area (TPSA) is 46.2 Å². The molecule has 0 radical (unpaired) electrons. The van der Waals surface area contributed by atoms with Gasteiger partial charge in [0.2, 0.25) is 5.88 Å². The molecule has 2 rings (SSSR count). The predicted octanol–water partition coefficient (Wildman–Crippen LogP) is 3.65. The Labute approximate surface area is 143 Å². The van der Waals surface area contributed by atoms with Gasteiger partial charge in [-0.2, -0.15) is 0 Å². The van der Waals surface area contributed by atoms with Crippen molar-refractivity contribution in [2.75, 3.05) is 19.0 Å². The van der Waals surface area contributed by atoms with Gasteiger partial charge in [0.25, 0.3) is 0 Å². The first-order valence-corrected chi connectivity index (χ1v) is 8.21. The van der Waals surface area contributed by atoms with Crippen LogP contribution in [0.25, 0.3) is 0 Å². The summed E-state index contributed by atoms with van der Waals surface area (Å²) in [6.07, 6.45) is 3.86. The van der Waals surface area contributed by atoms with Crippen LogP contribution in [-0.4, -0.2) is 23.8 Å². The van der Waals surface area contributed by atoms with Crippen molar-refractivity contribution in [3.8, 4) is 5.88 Å². The monoisotopic (exact) mass is 329 g/mol. The lowest BCUT2D eigenvalue weighted by atomic mass is 9.97. The Bertz CT molecular complexity index is 601. The Balaban J connectivity index is 1.79. The van der Waals surface area contributed by atoms with E-state index in [0.717, 1.165) is 25.1 Å². The van der Waals surface area contributed by atoms with E-state index in [0.29, 0.717) is 16.9 Å². The van der Waals surface area contributed by atoms with Crippen molar-refractivity contribution in [1.29, 1.82) is 0 Å². The summed E-state index contributed by atoms with van der Waals surface area (Å²) in [5, 5.41) is 7.05. The molecule has 1 atom stereocenters. The van der Waals surface area contributed by atoms with E-state index >= 15 is 0 Å². The highest BCUT2D eigenvalue weighted by Gasteiger charge is 2.08. The second-order valence-corrected chi connectivity index (χ2v) is 5.80. The molecule has 0 saturated carbocycles. The molecule has 5 heteroatoms. The average Bonchev–Trinajstić information content (AvgIpc) is 2.60. The van der Waals surface area contributed by atoms with E-state index in [1.807, 2.05) is 12.1 Å². The van der Waals surface area contributed by atoms with Crippen LogP contribution in [0.3, 0.4) is 0 Å². The van der Waals surface area contributed by atoms with E-state index in [2.05, 4.69) is 46.8 Å². The van der Waals surface area contributed by atoms with Crippen LogP contribution >= 0.6 is 12.2 Å². The third-order valence-corrected chi connectivity index (χ3v) is 3.95. The summed E-state index contributed by atoms with van der Waals surface area (Å²) >= 11 is 5.35. The number of thiocarbonyl (C=S) groups is 1. The standard InChI is InChI=1S/C18H23N3OS/c1-3-14(11-15-7-5-4-6-8-15)12-20-18(23)21-16-9-10-17(22-2)19-13-16/h4-10,13-14H,3,11-12H2,1-2H3,(H2,20,21,23)/t14-/m1/s1. The van der Waals surface area contributed by atoms with Crippen LogP contribution in [0.15, 0.2) is 48.7 Å². The number of ether oxygens (including phenoxy) is 1. The summed E-state index contributed by atoms with van der Waals surface area (Å²) in [6.45, 7) is 3.06. The molecule has 0 bridgehead atoms. The SMILES string of the molecule is CC[C@@H](CNC(=S)Nc1ccc(OC)nc1)Cc1ccccc1. The van der Waals surface area contributed by atoms with Gasteiger partial charge in [0, 0.05) is 12.6 Å². The molecule has 0 spiro atoms. The maximum Gasteiger partial charge on any atom is 0.213 e. The van der Waals surface area contributed by atoms with Crippen LogP contribution < -0.4 is 15.4 Å². The summed E-state index contributed by atoms with van der Waals surface area (Å²) in [6, 6.07) is 14.2. The lowest BCUT2D eigenvalue weighted by Crippen LogP contribution is -2.33. The van der Waals surface area contributed by atoms with E-state index in [4.69, 9.17) is 17.0 Å². The average molecular weight is 329 g/mol. The van der Waals surface area contributed by atoms with E-state index in [1.54, 1.807) is 19.4 Å². The Morgan fingerprint density at radius 1 is 1.22 bits per heavy atom. The van der Waals surface area contributed by atoms with Crippen molar-refractivity contribution in [2.45, 2.75) is 19.8 Å². The fourth-order valence-corrected chi connectivity index (χ4v) is 2.50. The van der Waals surface area contributed by atoms with Crippen molar-refractivity contribution in [1.82, 2.24) is 10.3 Å². The lowest BCUT2D eigenvalue weighted by molar-refractivity contribution is 0.398. The highest BCUT2D eigenvalue weighted by molar-refractivity contribution is 7.80. The zero-order valence-corrected chi connectivity index (χ0v) is 14.4. The molecule has 0 aliphatic carbocycles. The zero-order chi connectivity index (χ0) is 16.5. The molecular weight excluding hydrogens is 306 g/mol. The minimum absolute atomic E-state index is 0.547. The van der Waals surface area contributed by atoms with Gasteiger partial charge < -0.3 is 15.4 Å². The zero-order valence-electron chi connectivity index (χ0n) is 13.6. The normalized spacial score (nSPS) is 11.6. The summed E-state index contributed by atoms with van der Waals surface area (Å²) in [7, 11) is 1.60. The maximum absolute atomic E-state index is 5.35. The summed E-state index contributed by atoms with van der Waals surface area (Å²) in [5.74, 6) is 1.13. The van der Waals surface area contributed by atoms with E-state index in [1.165, 1.54) is 5.56 Å². The highest BCUT2D eigenvalue weighted by atomic mass is 32.1. The molecule has 0 amide bonds. The minimum Gasteiger partial charge on any atom is -0.481 e. The number of pyridine rings is 1. The molecule has 1 aromatic carbocycles. The van der Waals surface area contributed by atoms with Crippen LogP contribution in [0.2, 0.25) is 0 Å². The van der Waals surface area contributed by atoms with E-state index < -0.39 is 0 Å². The lowest BCUT2D eigenvalue weighted by Gasteiger charge is -2.17. The smallest absolute Gasteiger partial charge is 0.213 e. The highest BCUT2D eigenvalue weighted by Crippen LogP contribution is 2.12. The second kappa shape index (κ2) is 9.10. The summed E-state index contributed by atoms with van der Waals surface area (Å²) in [4.78, 5) is 4.15. The number of benzene rings is 1. The van der Waals surface area contributed by atoms with Gasteiger partial charge in [-0.05, 0) is 36.2 Å². The molecule has 23 heavy (non-hydrogen) atoms. The molecule has 0 saturated heterocycles. The predicted molar refractivity (Wildman–Crippen MR) is 98.9 cm³/mol. The van der Waals surface area contributed by atoms with Gasteiger partial charge in [-0.25, -0.2) is 4.98 Å². The number of hydrogen-bond donors (Lipinski definition) is 2. The van der Waals surface area contributed by atoms with Gasteiger partial charge in [-0.15, -0.1) is 0 Å². The van der Waals surface area contributed by atoms with Gasteiger partial charge in [-0.3, -0.25) is 0 Å². The van der Waals surface area contributed by atoms with Gasteiger partial charge >= 0.3 is 0 Å². The third-order valence-electron chi connectivity index (χ3n) is 3.70. The minimum atomic E-state index is 0.547. The number of methoxy groups -OCH3 is 1. The number of nitrogens with one attached hydrogen (secondary N) is 2. The van der Waals surface area contributed by atoms with Gasteiger partial charge in [-0.1, -0.05) is 43.7 Å². The van der Waals surface area contributed by atoms with Crippen molar-refractivity contribution in [3.63, 3.8) is 0 Å². The fraction of sp³-hybridized carbons (Fsp3) is 0.333. The molecule has 0 unspecified atom stereocenters. The Morgan fingerprint density at radius 2 is 2.00 bits per heavy atom. The molecule has 122 valence electrons. The number of anilines is 1. The number of nitrogens with zero attached hydrogens (tertiary/aromatic N) is 1. The Morgan fingerprint density at radius 3 is 2.61 bits per heavy atom. The van der Waals surface area contributed by atoms with E-state index in [9.17, 15) is 0 Å². The van der Waals surface area contributed by atoms with Crippen LogP contribution in [0.1, 0.15) is 18.9 Å². The summed E-state index contributed by atoms with van der Waals surface area (Å²) < 4.78 is 5.04. The third kappa shape index (κ3) is 5.87. The number of rotatable bonds is 7. The van der Waals surface area contributed by atoms with E-state index in [-0.39, 0.29) is 0 Å². The van der Waals surface area contributed by atoms with Crippen LogP contribution in [0, 0.1) is 5.92 Å². The Kier molecular flexibility index (Phi) is 6.81. The molecule has 1 heterocycles. The number of hydrogen-bond acceptors (Lipinski definition) is 3. The van der Waals surface area contributed by atoms with Crippen molar-refractivity contribution in [3.05, 3.63) is 54.2 Å². The quantitative estimate of drug-likeness (QED) is 0.759. The fourth-order valence-electron chi connectivity index (χ4n) is 2.30. The van der Waals surface area contributed by atoms with Gasteiger partial charge in [0.05, 0.1) is 19.0 Å². The molecule has 0 aliphatic heterocycles. The largest absolute Gasteiger partial charge is 0.481 e. The molecule has 2 aromatic rings. The summed E-state index contributed by atoms with van der Waals surface area (Å²) in [5.41, 5.74) is 2.21.